The molecule has 3 heteroatoms. The van der Waals surface area contributed by atoms with E-state index in [2.05, 4.69) is 0 Å². The molecule has 2 N–H and O–H groups in total. The van der Waals surface area contributed by atoms with Gasteiger partial charge in [0.25, 0.3) is 0 Å². The van der Waals surface area contributed by atoms with Gasteiger partial charge >= 0.3 is 5.97 Å². The van der Waals surface area contributed by atoms with Crippen LogP contribution in [0.4, 0.5) is 0 Å². The molecule has 0 saturated heterocycles. The maximum atomic E-state index is 12.2. The van der Waals surface area contributed by atoms with Gasteiger partial charge in [0.05, 0.1) is 12.0 Å². The van der Waals surface area contributed by atoms with Crippen molar-refractivity contribution < 1.29 is 9.53 Å². The normalized spacial score (nSPS) is 14.3. The first-order valence-corrected chi connectivity index (χ1v) is 6.48. The van der Waals surface area contributed by atoms with Gasteiger partial charge in [-0.2, -0.15) is 0 Å². The summed E-state index contributed by atoms with van der Waals surface area (Å²) in [6.45, 7) is 6.56. The van der Waals surface area contributed by atoms with E-state index >= 15 is 0 Å². The van der Waals surface area contributed by atoms with Crippen LogP contribution in [-0.4, -0.2) is 19.1 Å². The van der Waals surface area contributed by atoms with Crippen LogP contribution in [0.25, 0.3) is 0 Å². The molecule has 0 aliphatic carbocycles. The number of hydrogen-bond acceptors (Lipinski definition) is 3. The number of nitrogens with two attached hydrogens (primary N) is 1. The SMILES string of the molecule is CCOC(=O)C(CN)(Cc1ccccc1)C(C)C. The average molecular weight is 249 g/mol. The van der Waals surface area contributed by atoms with Crippen LogP contribution in [0.1, 0.15) is 26.3 Å². The molecule has 3 nitrogen and oxygen atoms in total. The van der Waals surface area contributed by atoms with Gasteiger partial charge in [0.1, 0.15) is 0 Å². The molecule has 1 atom stereocenters. The quantitative estimate of drug-likeness (QED) is 0.788. The van der Waals surface area contributed by atoms with Crippen molar-refractivity contribution in [1.82, 2.24) is 0 Å². The van der Waals surface area contributed by atoms with Crippen LogP contribution in [0.15, 0.2) is 30.3 Å². The zero-order valence-electron chi connectivity index (χ0n) is 11.5. The summed E-state index contributed by atoms with van der Waals surface area (Å²) in [4.78, 5) is 12.2. The summed E-state index contributed by atoms with van der Waals surface area (Å²) in [6, 6.07) is 9.95. The molecule has 0 fully saturated rings. The lowest BCUT2D eigenvalue weighted by Gasteiger charge is -2.34. The van der Waals surface area contributed by atoms with Crippen LogP contribution in [0, 0.1) is 11.3 Å². The third-order valence-electron chi connectivity index (χ3n) is 3.51. The molecule has 0 aliphatic heterocycles. The fraction of sp³-hybridized carbons (Fsp3) is 0.533. The van der Waals surface area contributed by atoms with Crippen LogP contribution in [0.5, 0.6) is 0 Å². The molecule has 0 saturated carbocycles. The minimum absolute atomic E-state index is 0.141. The fourth-order valence-electron chi connectivity index (χ4n) is 2.14. The first-order chi connectivity index (χ1) is 8.56. The Morgan fingerprint density at radius 1 is 1.33 bits per heavy atom. The zero-order valence-corrected chi connectivity index (χ0v) is 11.5. The van der Waals surface area contributed by atoms with Crippen LogP contribution < -0.4 is 5.73 Å². The third-order valence-corrected chi connectivity index (χ3v) is 3.51. The Morgan fingerprint density at radius 3 is 2.39 bits per heavy atom. The van der Waals surface area contributed by atoms with Gasteiger partial charge < -0.3 is 10.5 Å². The molecule has 0 bridgehead atoms. The van der Waals surface area contributed by atoms with Crippen molar-refractivity contribution in [2.75, 3.05) is 13.2 Å². The largest absolute Gasteiger partial charge is 0.466 e. The Balaban J connectivity index is 3.01. The second kappa shape index (κ2) is 6.55. The summed E-state index contributed by atoms with van der Waals surface area (Å²) in [5.74, 6) is -0.0480. The summed E-state index contributed by atoms with van der Waals surface area (Å²) >= 11 is 0. The van der Waals surface area contributed by atoms with Gasteiger partial charge in [-0.1, -0.05) is 44.2 Å². The summed E-state index contributed by atoms with van der Waals surface area (Å²) in [5, 5.41) is 0. The molecule has 1 unspecified atom stereocenters. The highest BCUT2D eigenvalue weighted by atomic mass is 16.5. The minimum Gasteiger partial charge on any atom is -0.466 e. The van der Waals surface area contributed by atoms with Crippen LogP contribution >= 0.6 is 0 Å². The molecule has 1 rings (SSSR count). The lowest BCUT2D eigenvalue weighted by Crippen LogP contribution is -2.46. The Bertz CT molecular complexity index is 375. The maximum Gasteiger partial charge on any atom is 0.313 e. The smallest absolute Gasteiger partial charge is 0.313 e. The second-order valence-corrected chi connectivity index (χ2v) is 4.90. The molecule has 1 aromatic rings. The number of ether oxygens (including phenoxy) is 1. The monoisotopic (exact) mass is 249 g/mol. The van der Waals surface area contributed by atoms with Gasteiger partial charge in [0, 0.05) is 6.54 Å². The van der Waals surface area contributed by atoms with Gasteiger partial charge in [-0.05, 0) is 24.8 Å². The van der Waals surface area contributed by atoms with E-state index in [0.29, 0.717) is 19.6 Å². The van der Waals surface area contributed by atoms with Crippen molar-refractivity contribution >= 4 is 5.97 Å². The summed E-state index contributed by atoms with van der Waals surface area (Å²) < 4.78 is 5.21. The van der Waals surface area contributed by atoms with Gasteiger partial charge in [0.2, 0.25) is 0 Å². The average Bonchev–Trinajstić information content (AvgIpc) is 2.37. The number of carbonyl (C=O) groups is 1. The topological polar surface area (TPSA) is 52.3 Å². The Labute approximate surface area is 109 Å². The van der Waals surface area contributed by atoms with E-state index in [9.17, 15) is 4.79 Å². The number of esters is 1. The first-order valence-electron chi connectivity index (χ1n) is 6.48. The molecule has 100 valence electrons. The Hall–Kier alpha value is -1.35. The summed E-state index contributed by atoms with van der Waals surface area (Å²) in [6.07, 6.45) is 0.626. The van der Waals surface area contributed by atoms with Crippen LogP contribution in [0.2, 0.25) is 0 Å². The summed E-state index contributed by atoms with van der Waals surface area (Å²) in [7, 11) is 0. The number of carbonyl (C=O) groups excluding carboxylic acids is 1. The molecule has 0 spiro atoms. The van der Waals surface area contributed by atoms with E-state index in [0.717, 1.165) is 5.56 Å². The number of benzene rings is 1. The molecule has 0 aliphatic rings. The van der Waals surface area contributed by atoms with Crippen LogP contribution in [0.3, 0.4) is 0 Å². The molecule has 18 heavy (non-hydrogen) atoms. The maximum absolute atomic E-state index is 12.2. The second-order valence-electron chi connectivity index (χ2n) is 4.90. The van der Waals surface area contributed by atoms with E-state index in [-0.39, 0.29) is 11.9 Å². The Morgan fingerprint density at radius 2 is 1.94 bits per heavy atom. The molecular weight excluding hydrogens is 226 g/mol. The molecule has 1 aromatic carbocycles. The van der Waals surface area contributed by atoms with Crippen molar-refractivity contribution in [2.24, 2.45) is 17.1 Å². The predicted molar refractivity (Wildman–Crippen MR) is 73.1 cm³/mol. The highest BCUT2D eigenvalue weighted by Gasteiger charge is 2.41. The van der Waals surface area contributed by atoms with Crippen molar-refractivity contribution in [3.63, 3.8) is 0 Å². The number of rotatable bonds is 6. The van der Waals surface area contributed by atoms with Gasteiger partial charge in [-0.3, -0.25) is 4.79 Å². The van der Waals surface area contributed by atoms with Crippen molar-refractivity contribution in [3.05, 3.63) is 35.9 Å². The van der Waals surface area contributed by atoms with Crippen molar-refractivity contribution in [3.8, 4) is 0 Å². The van der Waals surface area contributed by atoms with Gasteiger partial charge in [-0.15, -0.1) is 0 Å². The third kappa shape index (κ3) is 3.10. The molecule has 0 radical (unpaired) electrons. The fourth-order valence-corrected chi connectivity index (χ4v) is 2.14. The molecule has 0 heterocycles. The number of hydrogen-bond donors (Lipinski definition) is 1. The van der Waals surface area contributed by atoms with E-state index in [4.69, 9.17) is 10.5 Å². The van der Waals surface area contributed by atoms with Gasteiger partial charge in [-0.25, -0.2) is 0 Å². The molecule has 0 aromatic heterocycles. The van der Waals surface area contributed by atoms with Crippen molar-refractivity contribution in [2.45, 2.75) is 27.2 Å². The highest BCUT2D eigenvalue weighted by Crippen LogP contribution is 2.32. The van der Waals surface area contributed by atoms with Crippen molar-refractivity contribution in [1.29, 1.82) is 0 Å². The lowest BCUT2D eigenvalue weighted by molar-refractivity contribution is -0.157. The van der Waals surface area contributed by atoms with E-state index in [1.54, 1.807) is 0 Å². The van der Waals surface area contributed by atoms with Gasteiger partial charge in [0.15, 0.2) is 0 Å². The van der Waals surface area contributed by atoms with E-state index in [1.165, 1.54) is 0 Å². The molecular formula is C15H23NO2. The first kappa shape index (κ1) is 14.7. The van der Waals surface area contributed by atoms with E-state index in [1.807, 2.05) is 51.1 Å². The minimum atomic E-state index is -0.628. The highest BCUT2D eigenvalue weighted by molar-refractivity contribution is 5.78. The summed E-state index contributed by atoms with van der Waals surface area (Å²) in [5.41, 5.74) is 6.37. The Kier molecular flexibility index (Phi) is 5.35. The van der Waals surface area contributed by atoms with E-state index < -0.39 is 5.41 Å². The lowest BCUT2D eigenvalue weighted by atomic mass is 9.72. The molecule has 0 amide bonds. The van der Waals surface area contributed by atoms with Crippen LogP contribution in [-0.2, 0) is 16.0 Å². The zero-order chi connectivity index (χ0) is 13.6. The predicted octanol–water partition coefficient (Wildman–Crippen LogP) is 2.39. The standard InChI is InChI=1S/C15H23NO2/c1-4-18-14(17)15(11-16,12(2)3)10-13-8-6-5-7-9-13/h5-9,12H,4,10-11,16H2,1-3H3.